The average molecular weight is 387 g/mol. The van der Waals surface area contributed by atoms with Crippen molar-refractivity contribution in [3.63, 3.8) is 0 Å². The van der Waals surface area contributed by atoms with Gasteiger partial charge in [0.1, 0.15) is 0 Å². The van der Waals surface area contributed by atoms with E-state index in [1.165, 1.54) is 0 Å². The molecule has 1 N–H and O–H groups in total. The predicted molar refractivity (Wildman–Crippen MR) is 84.8 cm³/mol. The quantitative estimate of drug-likeness (QED) is 0.791. The standard InChI is InChI=1S/C15H18INO3/c1-9(15(19)20)8-17(11-6-7-11)14(18)12-4-3-5-13(16)10(12)2/h3-5,9,11H,6-8H2,1-2H3,(H,19,20). The van der Waals surface area contributed by atoms with Gasteiger partial charge in [-0.25, -0.2) is 0 Å². The molecule has 108 valence electrons. The second-order valence-electron chi connectivity index (χ2n) is 5.34. The molecule has 1 aromatic carbocycles. The fourth-order valence-electron chi connectivity index (χ4n) is 2.15. The number of nitrogens with zero attached hydrogens (tertiary/aromatic N) is 1. The third kappa shape index (κ3) is 3.31. The Hall–Kier alpha value is -1.11. The molecule has 1 unspecified atom stereocenters. The first kappa shape index (κ1) is 15.3. The Morgan fingerprint density at radius 3 is 2.65 bits per heavy atom. The summed E-state index contributed by atoms with van der Waals surface area (Å²) in [6, 6.07) is 5.86. The lowest BCUT2D eigenvalue weighted by Crippen LogP contribution is -2.38. The molecule has 0 spiro atoms. The van der Waals surface area contributed by atoms with Crippen molar-refractivity contribution < 1.29 is 14.7 Å². The Bertz CT molecular complexity index is 540. The van der Waals surface area contributed by atoms with Crippen LogP contribution in [0.2, 0.25) is 0 Å². The van der Waals surface area contributed by atoms with E-state index >= 15 is 0 Å². The highest BCUT2D eigenvalue weighted by molar-refractivity contribution is 14.1. The van der Waals surface area contributed by atoms with Gasteiger partial charge in [-0.2, -0.15) is 0 Å². The smallest absolute Gasteiger partial charge is 0.308 e. The number of carbonyl (C=O) groups excluding carboxylic acids is 1. The van der Waals surface area contributed by atoms with Crippen LogP contribution in [0.4, 0.5) is 0 Å². The highest BCUT2D eigenvalue weighted by atomic mass is 127. The maximum Gasteiger partial charge on any atom is 0.308 e. The van der Waals surface area contributed by atoms with Gasteiger partial charge >= 0.3 is 5.97 Å². The molecule has 4 nitrogen and oxygen atoms in total. The maximum absolute atomic E-state index is 12.7. The lowest BCUT2D eigenvalue weighted by atomic mass is 10.1. The SMILES string of the molecule is Cc1c(I)cccc1C(=O)N(CC(C)C(=O)O)C1CC1. The fraction of sp³-hybridized carbons (Fsp3) is 0.467. The van der Waals surface area contributed by atoms with Crippen molar-refractivity contribution in [3.05, 3.63) is 32.9 Å². The first-order valence-electron chi connectivity index (χ1n) is 6.70. The summed E-state index contributed by atoms with van der Waals surface area (Å²) in [5, 5.41) is 9.04. The Morgan fingerprint density at radius 1 is 1.45 bits per heavy atom. The summed E-state index contributed by atoms with van der Waals surface area (Å²) in [5.74, 6) is -1.44. The first-order valence-corrected chi connectivity index (χ1v) is 7.78. The molecule has 1 aliphatic carbocycles. The van der Waals surface area contributed by atoms with Crippen molar-refractivity contribution in [2.75, 3.05) is 6.54 Å². The number of amides is 1. The average Bonchev–Trinajstić information content (AvgIpc) is 3.22. The number of carboxylic acid groups (broad SMARTS) is 1. The summed E-state index contributed by atoms with van der Waals surface area (Å²) >= 11 is 2.21. The molecule has 20 heavy (non-hydrogen) atoms. The molecule has 0 aliphatic heterocycles. The van der Waals surface area contributed by atoms with E-state index in [1.54, 1.807) is 11.8 Å². The molecule has 2 rings (SSSR count). The number of benzene rings is 1. The molecule has 1 amide bonds. The number of aliphatic carboxylic acids is 1. The zero-order valence-corrected chi connectivity index (χ0v) is 13.8. The van der Waals surface area contributed by atoms with Crippen LogP contribution in [0.1, 0.15) is 35.7 Å². The lowest BCUT2D eigenvalue weighted by Gasteiger charge is -2.25. The number of carbonyl (C=O) groups is 2. The predicted octanol–water partition coefficient (Wildman–Crippen LogP) is 2.92. The summed E-state index contributed by atoms with van der Waals surface area (Å²) in [7, 11) is 0. The summed E-state index contributed by atoms with van der Waals surface area (Å²) in [4.78, 5) is 25.4. The Kier molecular flexibility index (Phi) is 4.67. The molecule has 1 aromatic rings. The molecular formula is C15H18INO3. The van der Waals surface area contributed by atoms with E-state index in [1.807, 2.05) is 25.1 Å². The van der Waals surface area contributed by atoms with Gasteiger partial charge in [-0.1, -0.05) is 13.0 Å². The molecule has 1 saturated carbocycles. The third-order valence-corrected chi connectivity index (χ3v) is 4.81. The number of carboxylic acids is 1. The summed E-state index contributed by atoms with van der Waals surface area (Å²) < 4.78 is 1.05. The van der Waals surface area contributed by atoms with Gasteiger partial charge in [0.05, 0.1) is 5.92 Å². The van der Waals surface area contributed by atoms with Crippen LogP contribution < -0.4 is 0 Å². The summed E-state index contributed by atoms with van der Waals surface area (Å²) in [5.41, 5.74) is 1.65. The van der Waals surface area contributed by atoms with Crippen LogP contribution in [-0.4, -0.2) is 34.5 Å². The van der Waals surface area contributed by atoms with Gasteiger partial charge in [-0.3, -0.25) is 9.59 Å². The number of hydrogen-bond acceptors (Lipinski definition) is 2. The number of rotatable bonds is 5. The lowest BCUT2D eigenvalue weighted by molar-refractivity contribution is -0.141. The largest absolute Gasteiger partial charge is 0.481 e. The van der Waals surface area contributed by atoms with Crippen LogP contribution in [0.15, 0.2) is 18.2 Å². The van der Waals surface area contributed by atoms with Crippen molar-refractivity contribution in [3.8, 4) is 0 Å². The molecule has 0 saturated heterocycles. The zero-order chi connectivity index (χ0) is 14.9. The normalized spacial score (nSPS) is 15.8. The van der Waals surface area contributed by atoms with E-state index in [-0.39, 0.29) is 18.5 Å². The fourth-order valence-corrected chi connectivity index (χ4v) is 2.65. The molecule has 0 radical (unpaired) electrons. The van der Waals surface area contributed by atoms with Crippen LogP contribution in [0.3, 0.4) is 0 Å². The molecule has 5 heteroatoms. The van der Waals surface area contributed by atoms with Crippen LogP contribution in [0, 0.1) is 16.4 Å². The third-order valence-electron chi connectivity index (χ3n) is 3.64. The van der Waals surface area contributed by atoms with Gasteiger partial charge in [0, 0.05) is 21.7 Å². The molecule has 0 heterocycles. The Morgan fingerprint density at radius 2 is 2.10 bits per heavy atom. The van der Waals surface area contributed by atoms with Crippen LogP contribution in [0.5, 0.6) is 0 Å². The van der Waals surface area contributed by atoms with E-state index in [2.05, 4.69) is 22.6 Å². The van der Waals surface area contributed by atoms with Gasteiger partial charge in [0.15, 0.2) is 0 Å². The first-order chi connectivity index (χ1) is 9.41. The van der Waals surface area contributed by atoms with Gasteiger partial charge in [-0.15, -0.1) is 0 Å². The van der Waals surface area contributed by atoms with Crippen molar-refractivity contribution in [2.24, 2.45) is 5.92 Å². The van der Waals surface area contributed by atoms with Crippen molar-refractivity contribution in [2.45, 2.75) is 32.7 Å². The second-order valence-corrected chi connectivity index (χ2v) is 6.50. The van der Waals surface area contributed by atoms with Crippen molar-refractivity contribution >= 4 is 34.5 Å². The van der Waals surface area contributed by atoms with E-state index in [0.29, 0.717) is 5.56 Å². The molecule has 0 aromatic heterocycles. The van der Waals surface area contributed by atoms with E-state index in [4.69, 9.17) is 5.11 Å². The molecule has 1 atom stereocenters. The second kappa shape index (κ2) is 6.11. The van der Waals surface area contributed by atoms with Crippen molar-refractivity contribution in [1.82, 2.24) is 4.90 Å². The van der Waals surface area contributed by atoms with Gasteiger partial charge in [-0.05, 0) is 60.1 Å². The minimum Gasteiger partial charge on any atom is -0.481 e. The van der Waals surface area contributed by atoms with Crippen LogP contribution in [0.25, 0.3) is 0 Å². The topological polar surface area (TPSA) is 57.6 Å². The zero-order valence-electron chi connectivity index (χ0n) is 11.6. The minimum atomic E-state index is -0.859. The highest BCUT2D eigenvalue weighted by Crippen LogP contribution is 2.30. The van der Waals surface area contributed by atoms with E-state index < -0.39 is 11.9 Å². The van der Waals surface area contributed by atoms with Crippen LogP contribution >= 0.6 is 22.6 Å². The van der Waals surface area contributed by atoms with Gasteiger partial charge < -0.3 is 10.0 Å². The van der Waals surface area contributed by atoms with E-state index in [0.717, 1.165) is 22.0 Å². The Balaban J connectivity index is 2.23. The summed E-state index contributed by atoms with van der Waals surface area (Å²) in [6.07, 6.45) is 1.95. The van der Waals surface area contributed by atoms with Gasteiger partial charge in [0.25, 0.3) is 5.91 Å². The molecule has 1 fully saturated rings. The maximum atomic E-state index is 12.7. The molecular weight excluding hydrogens is 369 g/mol. The molecule has 0 bridgehead atoms. The van der Waals surface area contributed by atoms with Crippen molar-refractivity contribution in [1.29, 1.82) is 0 Å². The minimum absolute atomic E-state index is 0.0448. The monoisotopic (exact) mass is 387 g/mol. The van der Waals surface area contributed by atoms with Crippen LogP contribution in [-0.2, 0) is 4.79 Å². The highest BCUT2D eigenvalue weighted by Gasteiger charge is 2.35. The number of halogens is 1. The van der Waals surface area contributed by atoms with Gasteiger partial charge in [0.2, 0.25) is 0 Å². The summed E-state index contributed by atoms with van der Waals surface area (Å²) in [6.45, 7) is 3.86. The van der Waals surface area contributed by atoms with E-state index in [9.17, 15) is 9.59 Å². The number of hydrogen-bond donors (Lipinski definition) is 1. The Labute approximate surface area is 132 Å². The molecule has 1 aliphatic rings.